The van der Waals surface area contributed by atoms with Crippen LogP contribution in [0, 0.1) is 11.8 Å². The lowest BCUT2D eigenvalue weighted by atomic mass is 9.93. The van der Waals surface area contributed by atoms with Crippen LogP contribution in [0.2, 0.25) is 0 Å². The van der Waals surface area contributed by atoms with Gasteiger partial charge >= 0.3 is 0 Å². The lowest BCUT2D eigenvalue weighted by molar-refractivity contribution is 0.113. The Morgan fingerprint density at radius 2 is 1.80 bits per heavy atom. The maximum atomic E-state index is 5.84. The van der Waals surface area contributed by atoms with E-state index in [0.717, 1.165) is 25.6 Å². The van der Waals surface area contributed by atoms with Crippen molar-refractivity contribution in [3.8, 4) is 0 Å². The third kappa shape index (κ3) is 4.32. The van der Waals surface area contributed by atoms with Gasteiger partial charge in [-0.1, -0.05) is 38.1 Å². The maximum absolute atomic E-state index is 5.84. The first-order chi connectivity index (χ1) is 9.58. The number of benzene rings is 1. The smallest absolute Gasteiger partial charge is 0.0236 e. The normalized spacial score (nSPS) is 24.2. The van der Waals surface area contributed by atoms with Crippen LogP contribution in [0.25, 0.3) is 0 Å². The van der Waals surface area contributed by atoms with Crippen LogP contribution >= 0.6 is 0 Å². The van der Waals surface area contributed by atoms with Gasteiger partial charge in [-0.05, 0) is 55.7 Å². The Morgan fingerprint density at radius 1 is 1.15 bits per heavy atom. The highest BCUT2D eigenvalue weighted by atomic mass is 15.2. The van der Waals surface area contributed by atoms with E-state index < -0.39 is 0 Å². The third-order valence-corrected chi connectivity index (χ3v) is 4.49. The zero-order valence-corrected chi connectivity index (χ0v) is 13.3. The Labute approximate surface area is 124 Å². The molecule has 1 aromatic rings. The molecule has 20 heavy (non-hydrogen) atoms. The summed E-state index contributed by atoms with van der Waals surface area (Å²) in [6.45, 7) is 9.95. The van der Waals surface area contributed by atoms with Gasteiger partial charge in [0, 0.05) is 19.1 Å². The van der Waals surface area contributed by atoms with Gasteiger partial charge in [-0.2, -0.15) is 0 Å². The van der Waals surface area contributed by atoms with Crippen LogP contribution in [0.15, 0.2) is 24.3 Å². The summed E-state index contributed by atoms with van der Waals surface area (Å²) in [4.78, 5) is 2.60. The van der Waals surface area contributed by atoms with Crippen molar-refractivity contribution in [3.63, 3.8) is 0 Å². The molecule has 0 bridgehead atoms. The second kappa shape index (κ2) is 7.24. The van der Waals surface area contributed by atoms with E-state index in [9.17, 15) is 0 Å². The summed E-state index contributed by atoms with van der Waals surface area (Å²) in [6.07, 6.45) is 3.75. The second-order valence-electron chi connectivity index (χ2n) is 6.87. The highest BCUT2D eigenvalue weighted by Gasteiger charge is 2.24. The highest BCUT2D eigenvalue weighted by molar-refractivity contribution is 5.23. The quantitative estimate of drug-likeness (QED) is 0.891. The van der Waals surface area contributed by atoms with E-state index >= 15 is 0 Å². The average molecular weight is 274 g/mol. The predicted octanol–water partition coefficient (Wildman–Crippen LogP) is 3.44. The van der Waals surface area contributed by atoms with E-state index in [1.807, 2.05) is 0 Å². The van der Waals surface area contributed by atoms with E-state index in [2.05, 4.69) is 49.9 Å². The van der Waals surface area contributed by atoms with Crippen LogP contribution in [0.4, 0.5) is 0 Å². The molecule has 2 nitrogen and oxygen atoms in total. The summed E-state index contributed by atoms with van der Waals surface area (Å²) in [5.74, 6) is 1.42. The summed E-state index contributed by atoms with van der Waals surface area (Å²) in [5.41, 5.74) is 8.73. The number of nitrogens with zero attached hydrogens (tertiary/aromatic N) is 1. The molecule has 0 radical (unpaired) electrons. The van der Waals surface area contributed by atoms with Crippen molar-refractivity contribution < 1.29 is 0 Å². The van der Waals surface area contributed by atoms with Gasteiger partial charge in [0.25, 0.3) is 0 Å². The van der Waals surface area contributed by atoms with Crippen LogP contribution in [0.1, 0.15) is 44.7 Å². The summed E-state index contributed by atoms with van der Waals surface area (Å²) in [7, 11) is 0. The van der Waals surface area contributed by atoms with Crippen molar-refractivity contribution in [3.05, 3.63) is 35.4 Å². The molecule has 1 fully saturated rings. The molecule has 2 rings (SSSR count). The lowest BCUT2D eigenvalue weighted by Gasteiger charge is -2.37. The van der Waals surface area contributed by atoms with Gasteiger partial charge < -0.3 is 5.73 Å². The van der Waals surface area contributed by atoms with Gasteiger partial charge in [-0.25, -0.2) is 0 Å². The Bertz CT molecular complexity index is 396. The summed E-state index contributed by atoms with van der Waals surface area (Å²) < 4.78 is 0. The SMILES string of the molecule is CC(C)Cc1ccc(CN2CC(CN)CCC2C)cc1. The lowest BCUT2D eigenvalue weighted by Crippen LogP contribution is -2.43. The first-order valence-electron chi connectivity index (χ1n) is 8.10. The largest absolute Gasteiger partial charge is 0.330 e. The topological polar surface area (TPSA) is 29.3 Å². The van der Waals surface area contributed by atoms with Gasteiger partial charge in [0.1, 0.15) is 0 Å². The molecule has 0 saturated carbocycles. The monoisotopic (exact) mass is 274 g/mol. The molecule has 1 aliphatic heterocycles. The molecule has 1 aliphatic rings. The van der Waals surface area contributed by atoms with Crippen molar-refractivity contribution in [2.24, 2.45) is 17.6 Å². The zero-order valence-electron chi connectivity index (χ0n) is 13.3. The fraction of sp³-hybridized carbons (Fsp3) is 0.667. The van der Waals surface area contributed by atoms with Crippen LogP contribution in [-0.2, 0) is 13.0 Å². The Hall–Kier alpha value is -0.860. The summed E-state index contributed by atoms with van der Waals surface area (Å²) in [6, 6.07) is 9.88. The average Bonchev–Trinajstić information content (AvgIpc) is 2.43. The van der Waals surface area contributed by atoms with E-state index in [1.165, 1.54) is 30.4 Å². The summed E-state index contributed by atoms with van der Waals surface area (Å²) >= 11 is 0. The number of hydrogen-bond donors (Lipinski definition) is 1. The third-order valence-electron chi connectivity index (χ3n) is 4.49. The molecule has 2 heteroatoms. The molecule has 1 saturated heterocycles. The minimum Gasteiger partial charge on any atom is -0.330 e. The molecule has 2 unspecified atom stereocenters. The van der Waals surface area contributed by atoms with Crippen molar-refractivity contribution in [1.29, 1.82) is 0 Å². The highest BCUT2D eigenvalue weighted by Crippen LogP contribution is 2.23. The molecule has 0 amide bonds. The van der Waals surface area contributed by atoms with Crippen LogP contribution in [0.5, 0.6) is 0 Å². The maximum Gasteiger partial charge on any atom is 0.0236 e. The molecular weight excluding hydrogens is 244 g/mol. The minimum absolute atomic E-state index is 0.686. The zero-order chi connectivity index (χ0) is 14.5. The first-order valence-corrected chi connectivity index (χ1v) is 8.10. The molecule has 0 aromatic heterocycles. The molecular formula is C18H30N2. The van der Waals surface area contributed by atoms with Crippen molar-refractivity contribution in [2.75, 3.05) is 13.1 Å². The molecule has 0 spiro atoms. The van der Waals surface area contributed by atoms with Crippen LogP contribution < -0.4 is 5.73 Å². The van der Waals surface area contributed by atoms with E-state index in [1.54, 1.807) is 0 Å². The summed E-state index contributed by atoms with van der Waals surface area (Å²) in [5, 5.41) is 0. The number of likely N-dealkylation sites (tertiary alicyclic amines) is 1. The van der Waals surface area contributed by atoms with E-state index in [-0.39, 0.29) is 0 Å². The Morgan fingerprint density at radius 3 is 2.40 bits per heavy atom. The van der Waals surface area contributed by atoms with E-state index in [4.69, 9.17) is 5.73 Å². The number of rotatable bonds is 5. The van der Waals surface area contributed by atoms with Crippen molar-refractivity contribution >= 4 is 0 Å². The number of hydrogen-bond acceptors (Lipinski definition) is 2. The van der Waals surface area contributed by atoms with Gasteiger partial charge in [0.2, 0.25) is 0 Å². The van der Waals surface area contributed by atoms with Gasteiger partial charge in [0.05, 0.1) is 0 Å². The molecule has 1 aromatic carbocycles. The van der Waals surface area contributed by atoms with Gasteiger partial charge in [-0.3, -0.25) is 4.90 Å². The number of piperidine rings is 1. The molecule has 0 aliphatic carbocycles. The van der Waals surface area contributed by atoms with Gasteiger partial charge in [0.15, 0.2) is 0 Å². The Kier molecular flexibility index (Phi) is 5.62. The van der Waals surface area contributed by atoms with Crippen molar-refractivity contribution in [1.82, 2.24) is 4.90 Å². The molecule has 2 atom stereocenters. The van der Waals surface area contributed by atoms with Gasteiger partial charge in [-0.15, -0.1) is 0 Å². The molecule has 112 valence electrons. The molecule has 1 heterocycles. The van der Waals surface area contributed by atoms with Crippen LogP contribution in [0.3, 0.4) is 0 Å². The van der Waals surface area contributed by atoms with Crippen molar-refractivity contribution in [2.45, 2.75) is 52.6 Å². The fourth-order valence-electron chi connectivity index (χ4n) is 3.16. The standard InChI is InChI=1S/C18H30N2/c1-14(2)10-16-6-8-17(9-7-16)12-20-13-18(11-19)5-4-15(20)3/h6-9,14-15,18H,4-5,10-13,19H2,1-3H3. The number of nitrogens with two attached hydrogens (primary N) is 1. The first kappa shape index (κ1) is 15.5. The Balaban J connectivity index is 1.94. The predicted molar refractivity (Wildman–Crippen MR) is 86.6 cm³/mol. The van der Waals surface area contributed by atoms with E-state index in [0.29, 0.717) is 12.0 Å². The minimum atomic E-state index is 0.686. The van der Waals surface area contributed by atoms with Crippen LogP contribution in [-0.4, -0.2) is 24.0 Å². The molecule has 2 N–H and O–H groups in total. The second-order valence-corrected chi connectivity index (χ2v) is 6.87. The fourth-order valence-corrected chi connectivity index (χ4v) is 3.16.